The number of nitrogens with one attached hydrogen (secondary N) is 1. The molecule has 13 heteroatoms. The van der Waals surface area contributed by atoms with Crippen LogP contribution in [0.25, 0.3) is 22.5 Å². The topological polar surface area (TPSA) is 123 Å². The number of pyridine rings is 1. The number of anilines is 2. The van der Waals surface area contributed by atoms with Crippen LogP contribution in [-0.2, 0) is 26.3 Å². The van der Waals surface area contributed by atoms with Crippen molar-refractivity contribution in [2.24, 2.45) is 12.5 Å². The number of rotatable bonds is 8. The molecule has 1 saturated heterocycles. The molecule has 2 saturated carbocycles. The molecule has 4 heterocycles. The highest BCUT2D eigenvalue weighted by atomic mass is 19.4. The standard InChI is InChI=1S/C35H33F3N8O2/c1-44-20-40-43-31(44)25-10-21(15-39)2-3-24(25)23-13-29(42-34(19-47)6-7-34)41-30(14-23)46-17-27-26(32(46)48)11-22(12-28(27)35(36,37)38)16-45-9-8-33(18-45)4-5-33/h2-3,10-14,20,47H,4-9,16-19H2,1H3,(H,41,42). The van der Waals surface area contributed by atoms with Crippen LogP contribution in [0.5, 0.6) is 0 Å². The van der Waals surface area contributed by atoms with E-state index < -0.39 is 23.2 Å². The van der Waals surface area contributed by atoms with Crippen molar-refractivity contribution >= 4 is 17.5 Å². The maximum Gasteiger partial charge on any atom is 0.416 e. The molecule has 1 spiro atoms. The Bertz CT molecular complexity index is 2010. The van der Waals surface area contributed by atoms with E-state index in [0.717, 1.165) is 32.4 Å². The van der Waals surface area contributed by atoms with Crippen LogP contribution in [0, 0.1) is 16.7 Å². The Kier molecular flexibility index (Phi) is 6.91. The van der Waals surface area contributed by atoms with Crippen molar-refractivity contribution in [1.29, 1.82) is 5.26 Å². The molecule has 4 aromatic rings. The molecule has 2 aromatic heterocycles. The number of carbonyl (C=O) groups excluding carboxylic acids is 1. The highest BCUT2D eigenvalue weighted by Crippen LogP contribution is 2.53. The number of nitrogens with zero attached hydrogens (tertiary/aromatic N) is 7. The van der Waals surface area contributed by atoms with Gasteiger partial charge in [0.1, 0.15) is 18.0 Å². The van der Waals surface area contributed by atoms with Gasteiger partial charge in [-0.15, -0.1) is 10.2 Å². The molecule has 246 valence electrons. The predicted molar refractivity (Wildman–Crippen MR) is 171 cm³/mol. The highest BCUT2D eigenvalue weighted by molar-refractivity contribution is 6.10. The molecule has 3 fully saturated rings. The van der Waals surface area contributed by atoms with Gasteiger partial charge in [-0.25, -0.2) is 4.98 Å². The predicted octanol–water partition coefficient (Wildman–Crippen LogP) is 5.52. The van der Waals surface area contributed by atoms with E-state index >= 15 is 0 Å². The minimum Gasteiger partial charge on any atom is -0.394 e. The summed E-state index contributed by atoms with van der Waals surface area (Å²) in [5.74, 6) is 0.486. The molecular weight excluding hydrogens is 621 g/mol. The molecule has 1 amide bonds. The van der Waals surface area contributed by atoms with Gasteiger partial charge in [-0.2, -0.15) is 18.4 Å². The number of halogens is 3. The Morgan fingerprint density at radius 1 is 1.04 bits per heavy atom. The van der Waals surface area contributed by atoms with Crippen molar-refractivity contribution in [1.82, 2.24) is 24.6 Å². The van der Waals surface area contributed by atoms with Crippen molar-refractivity contribution in [3.05, 3.63) is 76.6 Å². The van der Waals surface area contributed by atoms with E-state index in [1.807, 2.05) is 0 Å². The first-order valence-electron chi connectivity index (χ1n) is 16.1. The quantitative estimate of drug-likeness (QED) is 0.255. The van der Waals surface area contributed by atoms with Gasteiger partial charge in [0.2, 0.25) is 0 Å². The van der Waals surface area contributed by atoms with E-state index in [0.29, 0.717) is 51.4 Å². The molecule has 0 unspecified atom stereocenters. The molecule has 2 aliphatic heterocycles. The van der Waals surface area contributed by atoms with Gasteiger partial charge in [-0.1, -0.05) is 6.07 Å². The third kappa shape index (κ3) is 5.38. The molecule has 2 N–H and O–H groups in total. The van der Waals surface area contributed by atoms with E-state index in [2.05, 4.69) is 26.5 Å². The van der Waals surface area contributed by atoms with Crippen molar-refractivity contribution in [3.8, 4) is 28.6 Å². The Balaban J connectivity index is 1.21. The van der Waals surface area contributed by atoms with Gasteiger partial charge >= 0.3 is 6.18 Å². The second-order valence-corrected chi connectivity index (χ2v) is 13.8. The summed E-state index contributed by atoms with van der Waals surface area (Å²) < 4.78 is 45.4. The number of aliphatic hydroxyl groups excluding tert-OH is 1. The van der Waals surface area contributed by atoms with Gasteiger partial charge in [-0.3, -0.25) is 14.6 Å². The molecule has 4 aliphatic rings. The number of fused-ring (bicyclic) bond motifs is 1. The number of nitriles is 1. The summed E-state index contributed by atoms with van der Waals surface area (Å²) in [5, 5.41) is 31.2. The lowest BCUT2D eigenvalue weighted by atomic mass is 9.97. The third-order valence-corrected chi connectivity index (χ3v) is 10.3. The Hall–Kier alpha value is -4.80. The number of aromatic nitrogens is 4. The fraction of sp³-hybridized carbons (Fsp3) is 0.400. The summed E-state index contributed by atoms with van der Waals surface area (Å²) in [4.78, 5) is 22.3. The number of carbonyl (C=O) groups is 1. The van der Waals surface area contributed by atoms with Crippen LogP contribution < -0.4 is 10.2 Å². The van der Waals surface area contributed by atoms with E-state index in [-0.39, 0.29) is 30.1 Å². The number of aliphatic hydroxyl groups is 1. The zero-order chi connectivity index (χ0) is 33.4. The molecule has 0 bridgehead atoms. The maximum atomic E-state index is 14.6. The first-order valence-corrected chi connectivity index (χ1v) is 16.1. The van der Waals surface area contributed by atoms with Crippen LogP contribution in [0.15, 0.2) is 48.8 Å². The second-order valence-electron chi connectivity index (χ2n) is 13.8. The lowest BCUT2D eigenvalue weighted by Crippen LogP contribution is -2.28. The van der Waals surface area contributed by atoms with Crippen molar-refractivity contribution in [2.45, 2.75) is 56.9 Å². The largest absolute Gasteiger partial charge is 0.416 e. The Morgan fingerprint density at radius 3 is 2.50 bits per heavy atom. The molecule has 2 aliphatic carbocycles. The summed E-state index contributed by atoms with van der Waals surface area (Å²) in [6.45, 7) is 1.66. The van der Waals surface area contributed by atoms with E-state index in [1.54, 1.807) is 54.3 Å². The number of alkyl halides is 3. The molecular formula is C35H33F3N8O2. The van der Waals surface area contributed by atoms with Crippen LogP contribution in [-0.4, -0.2) is 60.9 Å². The molecule has 48 heavy (non-hydrogen) atoms. The highest BCUT2D eigenvalue weighted by Gasteiger charge is 2.48. The molecule has 2 aromatic carbocycles. The number of likely N-dealkylation sites (tertiary alicyclic amines) is 1. The SMILES string of the molecule is Cn1cnnc1-c1cc(C#N)ccc1-c1cc(NC2(CO)CC2)nc(N2Cc3c(cc(CN4CCC5(CC5)C4)cc3C(F)(F)F)C2=O)c1. The molecule has 0 atom stereocenters. The van der Waals surface area contributed by atoms with E-state index in [1.165, 1.54) is 23.8 Å². The van der Waals surface area contributed by atoms with Gasteiger partial charge in [-0.05, 0) is 103 Å². The number of hydrogen-bond acceptors (Lipinski definition) is 8. The number of benzene rings is 2. The summed E-state index contributed by atoms with van der Waals surface area (Å²) in [7, 11) is 1.78. The molecule has 8 rings (SSSR count). The Labute approximate surface area is 274 Å². The first kappa shape index (κ1) is 30.5. The third-order valence-electron chi connectivity index (χ3n) is 10.3. The van der Waals surface area contributed by atoms with Crippen LogP contribution in [0.4, 0.5) is 24.8 Å². The fourth-order valence-corrected chi connectivity index (χ4v) is 7.20. The van der Waals surface area contributed by atoms with Crippen molar-refractivity contribution in [2.75, 3.05) is 29.9 Å². The monoisotopic (exact) mass is 654 g/mol. The first-order chi connectivity index (χ1) is 23.0. The van der Waals surface area contributed by atoms with Crippen molar-refractivity contribution in [3.63, 3.8) is 0 Å². The van der Waals surface area contributed by atoms with Crippen LogP contribution >= 0.6 is 0 Å². The van der Waals surface area contributed by atoms with Gasteiger partial charge in [0.25, 0.3) is 5.91 Å². The van der Waals surface area contributed by atoms with Crippen LogP contribution in [0.3, 0.4) is 0 Å². The summed E-state index contributed by atoms with van der Waals surface area (Å²) in [6.07, 6.45) is 1.73. The summed E-state index contributed by atoms with van der Waals surface area (Å²) >= 11 is 0. The van der Waals surface area contributed by atoms with Crippen LogP contribution in [0.2, 0.25) is 0 Å². The zero-order valence-corrected chi connectivity index (χ0v) is 26.3. The fourth-order valence-electron chi connectivity index (χ4n) is 7.20. The van der Waals surface area contributed by atoms with Gasteiger partial charge < -0.3 is 15.0 Å². The molecule has 0 radical (unpaired) electrons. The van der Waals surface area contributed by atoms with Gasteiger partial charge in [0, 0.05) is 31.3 Å². The summed E-state index contributed by atoms with van der Waals surface area (Å²) in [6, 6.07) is 13.5. The van der Waals surface area contributed by atoms with Crippen LogP contribution in [0.1, 0.15) is 64.7 Å². The average molecular weight is 655 g/mol. The molecule has 10 nitrogen and oxygen atoms in total. The zero-order valence-electron chi connectivity index (χ0n) is 26.3. The summed E-state index contributed by atoms with van der Waals surface area (Å²) in [5.41, 5.74) is 1.69. The van der Waals surface area contributed by atoms with Gasteiger partial charge in [0.15, 0.2) is 5.82 Å². The maximum absolute atomic E-state index is 14.6. The smallest absolute Gasteiger partial charge is 0.394 e. The average Bonchev–Trinajstić information content (AvgIpc) is 3.87. The van der Waals surface area contributed by atoms with E-state index in [9.17, 15) is 28.3 Å². The lowest BCUT2D eigenvalue weighted by molar-refractivity contribution is -0.138. The Morgan fingerprint density at radius 2 is 1.85 bits per heavy atom. The van der Waals surface area contributed by atoms with Crippen molar-refractivity contribution < 1.29 is 23.1 Å². The van der Waals surface area contributed by atoms with E-state index in [4.69, 9.17) is 4.98 Å². The second kappa shape index (κ2) is 10.9. The minimum absolute atomic E-state index is 0.0361. The number of hydrogen-bond donors (Lipinski definition) is 2. The normalized spacial score (nSPS) is 19.1. The van der Waals surface area contributed by atoms with Gasteiger partial charge in [0.05, 0.1) is 35.9 Å². The lowest BCUT2D eigenvalue weighted by Gasteiger charge is -2.21. The number of aryl methyl sites for hydroxylation is 1. The minimum atomic E-state index is -4.64. The number of amides is 1.